The zero-order chi connectivity index (χ0) is 23.3. The van der Waals surface area contributed by atoms with E-state index < -0.39 is 0 Å². The van der Waals surface area contributed by atoms with E-state index in [-0.39, 0.29) is 0 Å². The lowest BCUT2D eigenvalue weighted by Crippen LogP contribution is -2.39. The van der Waals surface area contributed by atoms with Crippen LogP contribution in [0.2, 0.25) is 0 Å². The van der Waals surface area contributed by atoms with Gasteiger partial charge in [0.15, 0.2) is 17.5 Å². The Bertz CT molecular complexity index is 838. The van der Waals surface area contributed by atoms with E-state index in [9.17, 15) is 0 Å². The molecule has 0 saturated heterocycles. The van der Waals surface area contributed by atoms with Crippen molar-refractivity contribution in [3.8, 4) is 17.2 Å². The largest absolute Gasteiger partial charge is 0.494 e. The fraction of sp³-hybridized carbons (Fsp3) is 0.480. The van der Waals surface area contributed by atoms with Crippen LogP contribution in [0.5, 0.6) is 17.2 Å². The van der Waals surface area contributed by atoms with Crippen molar-refractivity contribution >= 4 is 5.96 Å². The molecule has 32 heavy (non-hydrogen) atoms. The van der Waals surface area contributed by atoms with Crippen LogP contribution in [0.1, 0.15) is 17.5 Å². The zero-order valence-corrected chi connectivity index (χ0v) is 20.4. The van der Waals surface area contributed by atoms with Gasteiger partial charge in [0, 0.05) is 33.7 Å². The molecule has 0 aliphatic heterocycles. The van der Waals surface area contributed by atoms with E-state index in [1.54, 1.807) is 21.3 Å². The lowest BCUT2D eigenvalue weighted by Gasteiger charge is -2.22. The van der Waals surface area contributed by atoms with Gasteiger partial charge >= 0.3 is 0 Å². The van der Waals surface area contributed by atoms with Gasteiger partial charge < -0.3 is 29.3 Å². The fourth-order valence-corrected chi connectivity index (χ4v) is 3.28. The molecule has 0 radical (unpaired) electrons. The summed E-state index contributed by atoms with van der Waals surface area (Å²) in [5, 5.41) is 3.43. The predicted octanol–water partition coefficient (Wildman–Crippen LogP) is 3.28. The quantitative estimate of drug-likeness (QED) is 0.309. The highest BCUT2D eigenvalue weighted by Gasteiger charge is 2.09. The molecule has 2 rings (SSSR count). The lowest BCUT2D eigenvalue weighted by molar-refractivity contribution is 0.281. The van der Waals surface area contributed by atoms with Crippen molar-refractivity contribution in [3.05, 3.63) is 53.6 Å². The smallest absolute Gasteiger partial charge is 0.193 e. The Kier molecular flexibility index (Phi) is 10.7. The molecule has 1 N–H and O–H groups in total. The van der Waals surface area contributed by atoms with Crippen LogP contribution >= 0.6 is 0 Å². The van der Waals surface area contributed by atoms with Crippen LogP contribution in [0.3, 0.4) is 0 Å². The summed E-state index contributed by atoms with van der Waals surface area (Å²) in [5.74, 6) is 3.26. The van der Waals surface area contributed by atoms with Gasteiger partial charge in [0.25, 0.3) is 0 Å². The second kappa shape index (κ2) is 13.5. The Labute approximate surface area is 193 Å². The molecular weight excluding hydrogens is 404 g/mol. The number of methoxy groups -OCH3 is 2. The number of nitrogens with one attached hydrogen (secondary N) is 1. The highest BCUT2D eigenvalue weighted by Crippen LogP contribution is 2.27. The van der Waals surface area contributed by atoms with E-state index in [2.05, 4.69) is 52.4 Å². The summed E-state index contributed by atoms with van der Waals surface area (Å²) < 4.78 is 16.5. The van der Waals surface area contributed by atoms with Crippen LogP contribution in [0, 0.1) is 0 Å². The summed E-state index contributed by atoms with van der Waals surface area (Å²) in [6.07, 6.45) is 1.89. The van der Waals surface area contributed by atoms with E-state index in [4.69, 9.17) is 14.2 Å². The van der Waals surface area contributed by atoms with Crippen molar-refractivity contribution in [1.29, 1.82) is 0 Å². The highest BCUT2D eigenvalue weighted by molar-refractivity contribution is 5.79. The van der Waals surface area contributed by atoms with Gasteiger partial charge in [-0.1, -0.05) is 18.2 Å². The van der Waals surface area contributed by atoms with Gasteiger partial charge in [0.2, 0.25) is 0 Å². The molecule has 7 nitrogen and oxygen atoms in total. The molecule has 0 atom stereocenters. The maximum atomic E-state index is 5.81. The van der Waals surface area contributed by atoms with Gasteiger partial charge in [-0.05, 0) is 62.3 Å². The molecule has 2 aromatic carbocycles. The van der Waals surface area contributed by atoms with E-state index in [1.807, 2.05) is 31.3 Å². The summed E-state index contributed by atoms with van der Waals surface area (Å²) >= 11 is 0. The van der Waals surface area contributed by atoms with Gasteiger partial charge in [-0.2, -0.15) is 0 Å². The average Bonchev–Trinajstić information content (AvgIpc) is 2.81. The van der Waals surface area contributed by atoms with Gasteiger partial charge in [-0.15, -0.1) is 0 Å². The van der Waals surface area contributed by atoms with Gasteiger partial charge in [0.1, 0.15) is 5.75 Å². The van der Waals surface area contributed by atoms with E-state index >= 15 is 0 Å². The molecule has 0 unspecified atom stereocenters. The second-order valence-corrected chi connectivity index (χ2v) is 7.91. The van der Waals surface area contributed by atoms with Crippen molar-refractivity contribution < 1.29 is 14.2 Å². The SMILES string of the molecule is CN=C(NCc1ccc(OCCCN(C)C)cc1)N(C)CCc1ccc(OC)c(OC)c1. The minimum atomic E-state index is 0.703. The Hall–Kier alpha value is -2.93. The van der Waals surface area contributed by atoms with E-state index in [0.717, 1.165) is 55.7 Å². The minimum absolute atomic E-state index is 0.703. The Morgan fingerprint density at radius 1 is 0.906 bits per heavy atom. The van der Waals surface area contributed by atoms with E-state index in [1.165, 1.54) is 11.1 Å². The van der Waals surface area contributed by atoms with Crippen LogP contribution in [0.25, 0.3) is 0 Å². The number of aliphatic imine (C=N–C) groups is 1. The molecular formula is C25H38N4O3. The third-order valence-corrected chi connectivity index (χ3v) is 5.15. The first-order valence-electron chi connectivity index (χ1n) is 11.0. The molecule has 0 aliphatic rings. The summed E-state index contributed by atoms with van der Waals surface area (Å²) in [6.45, 7) is 3.29. The first kappa shape index (κ1) is 25.3. The number of benzene rings is 2. The molecule has 0 spiro atoms. The van der Waals surface area contributed by atoms with Gasteiger partial charge in [0.05, 0.1) is 20.8 Å². The molecule has 176 valence electrons. The van der Waals surface area contributed by atoms with Gasteiger partial charge in [-0.3, -0.25) is 4.99 Å². The molecule has 0 saturated carbocycles. The summed E-state index contributed by atoms with van der Waals surface area (Å²) in [7, 11) is 11.3. The lowest BCUT2D eigenvalue weighted by atomic mass is 10.1. The topological polar surface area (TPSA) is 58.6 Å². The normalized spacial score (nSPS) is 11.4. The molecule has 0 aromatic heterocycles. The Morgan fingerprint density at radius 2 is 1.59 bits per heavy atom. The standard InChI is InChI=1S/C25H38N4O3/c1-26-25(29(4)16-14-20-10-13-23(30-5)24(18-20)31-6)27-19-21-8-11-22(12-9-21)32-17-7-15-28(2)3/h8-13,18H,7,14-17,19H2,1-6H3,(H,26,27). The maximum absolute atomic E-state index is 5.81. The Balaban J connectivity index is 1.80. The first-order valence-corrected chi connectivity index (χ1v) is 11.0. The van der Waals surface area contributed by atoms with E-state index in [0.29, 0.717) is 6.54 Å². The van der Waals surface area contributed by atoms with Gasteiger partial charge in [-0.25, -0.2) is 0 Å². The summed E-state index contributed by atoms with van der Waals surface area (Å²) in [4.78, 5) is 8.70. The van der Waals surface area contributed by atoms with Crippen LogP contribution in [-0.2, 0) is 13.0 Å². The van der Waals surface area contributed by atoms with Crippen molar-refractivity contribution in [2.45, 2.75) is 19.4 Å². The van der Waals surface area contributed by atoms with Crippen molar-refractivity contribution in [3.63, 3.8) is 0 Å². The maximum Gasteiger partial charge on any atom is 0.193 e. The molecule has 0 fully saturated rings. The van der Waals surface area contributed by atoms with Crippen LogP contribution in [-0.4, -0.2) is 77.9 Å². The van der Waals surface area contributed by atoms with Crippen LogP contribution < -0.4 is 19.5 Å². The highest BCUT2D eigenvalue weighted by atomic mass is 16.5. The minimum Gasteiger partial charge on any atom is -0.494 e. The molecule has 0 bridgehead atoms. The number of likely N-dealkylation sites (N-methyl/N-ethyl adjacent to an activating group) is 1. The second-order valence-electron chi connectivity index (χ2n) is 7.91. The molecule has 2 aromatic rings. The van der Waals surface area contributed by atoms with Crippen LogP contribution in [0.15, 0.2) is 47.5 Å². The number of ether oxygens (including phenoxy) is 3. The summed E-state index contributed by atoms with van der Waals surface area (Å²) in [5.41, 5.74) is 2.37. The molecule has 0 amide bonds. The summed E-state index contributed by atoms with van der Waals surface area (Å²) in [6, 6.07) is 14.3. The monoisotopic (exact) mass is 442 g/mol. The van der Waals surface area contributed by atoms with Crippen LogP contribution in [0.4, 0.5) is 0 Å². The molecule has 0 aliphatic carbocycles. The predicted molar refractivity (Wildman–Crippen MR) is 131 cm³/mol. The van der Waals surface area contributed by atoms with Crippen molar-refractivity contribution in [2.75, 3.05) is 62.1 Å². The third-order valence-electron chi connectivity index (χ3n) is 5.15. The third kappa shape index (κ3) is 8.30. The number of hydrogen-bond acceptors (Lipinski definition) is 5. The fourth-order valence-electron chi connectivity index (χ4n) is 3.28. The molecule has 7 heteroatoms. The van der Waals surface area contributed by atoms with Crippen molar-refractivity contribution in [1.82, 2.24) is 15.1 Å². The molecule has 0 heterocycles. The number of hydrogen-bond donors (Lipinski definition) is 1. The zero-order valence-electron chi connectivity index (χ0n) is 20.4. The number of nitrogens with zero attached hydrogens (tertiary/aromatic N) is 3. The Morgan fingerprint density at radius 3 is 2.22 bits per heavy atom. The average molecular weight is 443 g/mol. The number of guanidine groups is 1. The van der Waals surface area contributed by atoms with Crippen molar-refractivity contribution in [2.24, 2.45) is 4.99 Å². The number of rotatable bonds is 12. The first-order chi connectivity index (χ1) is 15.5.